The van der Waals surface area contributed by atoms with Gasteiger partial charge in [0.2, 0.25) is 0 Å². The van der Waals surface area contributed by atoms with E-state index < -0.39 is 5.97 Å². The molecule has 0 aliphatic carbocycles. The largest absolute Gasteiger partial charge is 0.478 e. The molecule has 0 unspecified atom stereocenters. The summed E-state index contributed by atoms with van der Waals surface area (Å²) in [5.74, 6) is -0.956. The van der Waals surface area contributed by atoms with Crippen LogP contribution in [0, 0.1) is 0 Å². The molecule has 0 fully saturated rings. The first-order valence-electron chi connectivity index (χ1n) is 2.81. The number of carboxylic acids is 1. The lowest BCUT2D eigenvalue weighted by molar-refractivity contribution is -0.132. The molecule has 0 amide bonds. The van der Waals surface area contributed by atoms with Crippen molar-refractivity contribution in [1.82, 2.24) is 0 Å². The standard InChI is InChI=1S/C7H9ClO2/c1-3-6(7(9)10)4-5(2)8/h3-4H,1-2H3,(H,9,10). The summed E-state index contributed by atoms with van der Waals surface area (Å²) in [4.78, 5) is 10.3. The number of hydrogen-bond donors (Lipinski definition) is 1. The minimum atomic E-state index is -0.956. The van der Waals surface area contributed by atoms with Gasteiger partial charge in [-0.3, -0.25) is 0 Å². The maximum atomic E-state index is 10.3. The van der Waals surface area contributed by atoms with Gasteiger partial charge in [0, 0.05) is 5.03 Å². The minimum absolute atomic E-state index is 0.215. The van der Waals surface area contributed by atoms with Gasteiger partial charge in [0.1, 0.15) is 0 Å². The van der Waals surface area contributed by atoms with Crippen molar-refractivity contribution in [2.24, 2.45) is 0 Å². The molecule has 0 atom stereocenters. The summed E-state index contributed by atoms with van der Waals surface area (Å²) in [6, 6.07) is 0. The van der Waals surface area contributed by atoms with Crippen LogP contribution in [0.2, 0.25) is 0 Å². The van der Waals surface area contributed by atoms with Gasteiger partial charge in [0.15, 0.2) is 0 Å². The second-order valence-electron chi connectivity index (χ2n) is 1.78. The van der Waals surface area contributed by atoms with Gasteiger partial charge in [-0.25, -0.2) is 4.79 Å². The van der Waals surface area contributed by atoms with Crippen LogP contribution in [0.4, 0.5) is 0 Å². The minimum Gasteiger partial charge on any atom is -0.478 e. The molecule has 0 spiro atoms. The van der Waals surface area contributed by atoms with Crippen LogP contribution < -0.4 is 0 Å². The van der Waals surface area contributed by atoms with Gasteiger partial charge in [0.25, 0.3) is 0 Å². The number of aliphatic carboxylic acids is 1. The van der Waals surface area contributed by atoms with Gasteiger partial charge < -0.3 is 5.11 Å². The van der Waals surface area contributed by atoms with Crippen molar-refractivity contribution in [3.8, 4) is 0 Å². The van der Waals surface area contributed by atoms with Crippen LogP contribution in [0.25, 0.3) is 0 Å². The van der Waals surface area contributed by atoms with Gasteiger partial charge in [-0.1, -0.05) is 17.7 Å². The van der Waals surface area contributed by atoms with Gasteiger partial charge >= 0.3 is 5.97 Å². The molecule has 0 rings (SSSR count). The smallest absolute Gasteiger partial charge is 0.335 e. The molecule has 56 valence electrons. The zero-order valence-electron chi connectivity index (χ0n) is 5.89. The maximum absolute atomic E-state index is 10.3. The van der Waals surface area contributed by atoms with Crippen LogP contribution in [-0.2, 0) is 4.79 Å². The van der Waals surface area contributed by atoms with Crippen molar-refractivity contribution in [2.75, 3.05) is 0 Å². The third kappa shape index (κ3) is 3.30. The van der Waals surface area contributed by atoms with E-state index in [9.17, 15) is 4.79 Å². The second-order valence-corrected chi connectivity index (χ2v) is 2.38. The third-order valence-corrected chi connectivity index (χ3v) is 1.02. The molecule has 2 nitrogen and oxygen atoms in total. The zero-order chi connectivity index (χ0) is 8.15. The summed E-state index contributed by atoms with van der Waals surface area (Å²) in [6.45, 7) is 3.29. The number of hydrogen-bond acceptors (Lipinski definition) is 1. The Morgan fingerprint density at radius 1 is 1.60 bits per heavy atom. The van der Waals surface area contributed by atoms with Crippen LogP contribution in [0.3, 0.4) is 0 Å². The Bertz CT molecular complexity index is 188. The first-order chi connectivity index (χ1) is 4.57. The molecule has 0 saturated carbocycles. The van der Waals surface area contributed by atoms with E-state index in [1.54, 1.807) is 13.8 Å². The van der Waals surface area contributed by atoms with Crippen LogP contribution in [0.5, 0.6) is 0 Å². The van der Waals surface area contributed by atoms with Crippen molar-refractivity contribution in [2.45, 2.75) is 13.8 Å². The summed E-state index contributed by atoms with van der Waals surface area (Å²) in [7, 11) is 0. The lowest BCUT2D eigenvalue weighted by atomic mass is 10.2. The van der Waals surface area contributed by atoms with Crippen LogP contribution in [0.1, 0.15) is 13.8 Å². The Morgan fingerprint density at radius 3 is 2.20 bits per heavy atom. The summed E-state index contributed by atoms with van der Waals surface area (Å²) < 4.78 is 0. The van der Waals surface area contributed by atoms with E-state index in [1.165, 1.54) is 12.2 Å². The fourth-order valence-corrected chi connectivity index (χ4v) is 0.600. The lowest BCUT2D eigenvalue weighted by Crippen LogP contribution is -1.96. The first kappa shape index (κ1) is 9.24. The van der Waals surface area contributed by atoms with Crippen molar-refractivity contribution in [3.05, 3.63) is 22.8 Å². The lowest BCUT2D eigenvalue weighted by Gasteiger charge is -1.91. The highest BCUT2D eigenvalue weighted by atomic mass is 35.5. The first-order valence-corrected chi connectivity index (χ1v) is 3.19. The highest BCUT2D eigenvalue weighted by molar-refractivity contribution is 6.29. The topological polar surface area (TPSA) is 37.3 Å². The second kappa shape index (κ2) is 4.12. The molecule has 0 saturated heterocycles. The monoisotopic (exact) mass is 160 g/mol. The summed E-state index contributed by atoms with van der Waals surface area (Å²) in [5.41, 5.74) is 0.215. The number of carbonyl (C=O) groups is 1. The van der Waals surface area contributed by atoms with Crippen molar-refractivity contribution >= 4 is 17.6 Å². The molecule has 0 aromatic carbocycles. The van der Waals surface area contributed by atoms with Crippen LogP contribution >= 0.6 is 11.6 Å². The van der Waals surface area contributed by atoms with E-state index in [0.29, 0.717) is 5.03 Å². The number of allylic oxidation sites excluding steroid dienone is 2. The quantitative estimate of drug-likeness (QED) is 0.497. The van der Waals surface area contributed by atoms with Gasteiger partial charge in [0.05, 0.1) is 5.57 Å². The summed E-state index contributed by atoms with van der Waals surface area (Å²) >= 11 is 5.45. The highest BCUT2D eigenvalue weighted by Crippen LogP contribution is 2.05. The molecule has 10 heavy (non-hydrogen) atoms. The molecule has 0 aliphatic rings. The van der Waals surface area contributed by atoms with Crippen molar-refractivity contribution < 1.29 is 9.90 Å². The van der Waals surface area contributed by atoms with E-state index in [-0.39, 0.29) is 5.57 Å². The number of carboxylic acid groups (broad SMARTS) is 1. The molecule has 0 heterocycles. The summed E-state index contributed by atoms with van der Waals surface area (Å²) in [6.07, 6.45) is 2.90. The molecule has 0 aromatic heterocycles. The Balaban J connectivity index is 4.42. The number of rotatable bonds is 2. The Hall–Kier alpha value is -0.760. The van der Waals surface area contributed by atoms with E-state index in [2.05, 4.69) is 0 Å². The van der Waals surface area contributed by atoms with Gasteiger partial charge in [-0.15, -0.1) is 0 Å². The zero-order valence-corrected chi connectivity index (χ0v) is 6.64. The average molecular weight is 161 g/mol. The summed E-state index contributed by atoms with van der Waals surface area (Å²) in [5, 5.41) is 8.92. The van der Waals surface area contributed by atoms with E-state index in [0.717, 1.165) is 0 Å². The predicted octanol–water partition coefficient (Wildman–Crippen LogP) is 2.16. The molecule has 0 aliphatic heterocycles. The predicted molar refractivity (Wildman–Crippen MR) is 41.0 cm³/mol. The van der Waals surface area contributed by atoms with Crippen LogP contribution in [0.15, 0.2) is 22.8 Å². The fourth-order valence-electron chi connectivity index (χ4n) is 0.483. The average Bonchev–Trinajstić information content (AvgIpc) is 1.81. The maximum Gasteiger partial charge on any atom is 0.335 e. The van der Waals surface area contributed by atoms with E-state index in [4.69, 9.17) is 16.7 Å². The van der Waals surface area contributed by atoms with Crippen molar-refractivity contribution in [1.29, 1.82) is 0 Å². The molecule has 0 bridgehead atoms. The third-order valence-electron chi connectivity index (χ3n) is 0.912. The molecular formula is C7H9ClO2. The Morgan fingerprint density at radius 2 is 2.10 bits per heavy atom. The SMILES string of the molecule is CC=C(C=C(C)Cl)C(=O)O. The Labute approximate surface area is 64.8 Å². The van der Waals surface area contributed by atoms with Crippen LogP contribution in [-0.4, -0.2) is 11.1 Å². The van der Waals surface area contributed by atoms with E-state index in [1.807, 2.05) is 0 Å². The van der Waals surface area contributed by atoms with Gasteiger partial charge in [-0.05, 0) is 19.9 Å². The van der Waals surface area contributed by atoms with Crippen molar-refractivity contribution in [3.63, 3.8) is 0 Å². The van der Waals surface area contributed by atoms with E-state index >= 15 is 0 Å². The number of halogens is 1. The fraction of sp³-hybridized carbons (Fsp3) is 0.286. The molecule has 3 heteroatoms. The molecule has 0 aromatic rings. The van der Waals surface area contributed by atoms with Gasteiger partial charge in [-0.2, -0.15) is 0 Å². The molecule has 1 N–H and O–H groups in total. The molecule has 0 radical (unpaired) electrons. The Kier molecular flexibility index (Phi) is 3.81. The normalized spacial score (nSPS) is 13.5. The highest BCUT2D eigenvalue weighted by Gasteiger charge is 2.00. The molecular weight excluding hydrogens is 152 g/mol.